The van der Waals surface area contributed by atoms with Crippen molar-refractivity contribution < 1.29 is 0 Å². The second-order valence-corrected chi connectivity index (χ2v) is 12.8. The van der Waals surface area contributed by atoms with Gasteiger partial charge in [-0.2, -0.15) is 0 Å². The molecule has 9 rings (SSSR count). The van der Waals surface area contributed by atoms with Gasteiger partial charge < -0.3 is 0 Å². The molecule has 3 nitrogen and oxygen atoms in total. The van der Waals surface area contributed by atoms with Crippen LogP contribution in [-0.4, -0.2) is 15.0 Å². The first-order valence-corrected chi connectivity index (χ1v) is 17.5. The standard InChI is InChI=1S/C49H33N3/c1-4-15-34(16-5-1)35-27-29-39(30-28-35)47-50-48(45-25-13-12-24-42(45)36-17-6-2-7-18-36)52-49(51-47)46-33-40(31-32-44(46)37-19-8-3-9-20-37)43-26-14-22-38-21-10-11-23-41(38)43/h1-33H. The number of aromatic nitrogens is 3. The molecule has 0 N–H and O–H groups in total. The average Bonchev–Trinajstić information content (AvgIpc) is 3.24. The van der Waals surface area contributed by atoms with Gasteiger partial charge in [-0.15, -0.1) is 0 Å². The van der Waals surface area contributed by atoms with Crippen molar-refractivity contribution in [2.75, 3.05) is 0 Å². The van der Waals surface area contributed by atoms with E-state index < -0.39 is 0 Å². The molecule has 0 spiro atoms. The number of benzene rings is 8. The van der Waals surface area contributed by atoms with E-state index in [1.807, 2.05) is 18.2 Å². The minimum atomic E-state index is 0.621. The summed E-state index contributed by atoms with van der Waals surface area (Å²) < 4.78 is 0. The maximum atomic E-state index is 5.31. The van der Waals surface area contributed by atoms with E-state index in [0.29, 0.717) is 17.5 Å². The van der Waals surface area contributed by atoms with Gasteiger partial charge in [0.2, 0.25) is 0 Å². The Bertz CT molecular complexity index is 2650. The first-order chi connectivity index (χ1) is 25.8. The smallest absolute Gasteiger partial charge is 0.164 e. The molecule has 0 saturated heterocycles. The molecule has 244 valence electrons. The van der Waals surface area contributed by atoms with Crippen molar-refractivity contribution in [2.45, 2.75) is 0 Å². The Labute approximate surface area is 303 Å². The van der Waals surface area contributed by atoms with Gasteiger partial charge >= 0.3 is 0 Å². The van der Waals surface area contributed by atoms with Crippen LogP contribution in [-0.2, 0) is 0 Å². The van der Waals surface area contributed by atoms with Gasteiger partial charge in [0, 0.05) is 16.7 Å². The average molecular weight is 664 g/mol. The summed E-state index contributed by atoms with van der Waals surface area (Å²) >= 11 is 0. The Hall–Kier alpha value is -6.97. The molecule has 8 aromatic carbocycles. The van der Waals surface area contributed by atoms with Gasteiger partial charge in [0.1, 0.15) is 0 Å². The lowest BCUT2D eigenvalue weighted by atomic mass is 9.92. The van der Waals surface area contributed by atoms with Crippen LogP contribution < -0.4 is 0 Å². The van der Waals surface area contributed by atoms with Gasteiger partial charge in [0.05, 0.1) is 0 Å². The monoisotopic (exact) mass is 663 g/mol. The fourth-order valence-electron chi connectivity index (χ4n) is 6.98. The molecule has 0 bridgehead atoms. The van der Waals surface area contributed by atoms with Crippen LogP contribution in [0.15, 0.2) is 200 Å². The molecule has 0 aliphatic heterocycles. The molecule has 1 aromatic heterocycles. The Morgan fingerprint density at radius 3 is 1.37 bits per heavy atom. The maximum Gasteiger partial charge on any atom is 0.164 e. The molecule has 0 aliphatic rings. The van der Waals surface area contributed by atoms with Gasteiger partial charge in [-0.05, 0) is 61.3 Å². The zero-order chi connectivity index (χ0) is 34.7. The molecule has 0 fully saturated rings. The van der Waals surface area contributed by atoms with E-state index in [2.05, 4.69) is 182 Å². The van der Waals surface area contributed by atoms with Crippen molar-refractivity contribution >= 4 is 10.8 Å². The maximum absolute atomic E-state index is 5.31. The van der Waals surface area contributed by atoms with Crippen LogP contribution in [0, 0.1) is 0 Å². The lowest BCUT2D eigenvalue weighted by Crippen LogP contribution is -2.02. The van der Waals surface area contributed by atoms with Gasteiger partial charge in [-0.25, -0.2) is 15.0 Å². The van der Waals surface area contributed by atoms with Gasteiger partial charge in [-0.1, -0.05) is 194 Å². The summed E-state index contributed by atoms with van der Waals surface area (Å²) in [5.74, 6) is 1.87. The lowest BCUT2D eigenvalue weighted by Gasteiger charge is -2.16. The predicted octanol–water partition coefficient (Wildman–Crippen LogP) is 12.7. The zero-order valence-electron chi connectivity index (χ0n) is 28.4. The van der Waals surface area contributed by atoms with Crippen molar-refractivity contribution in [3.63, 3.8) is 0 Å². The lowest BCUT2D eigenvalue weighted by molar-refractivity contribution is 1.07. The van der Waals surface area contributed by atoms with E-state index in [-0.39, 0.29) is 0 Å². The van der Waals surface area contributed by atoms with Gasteiger partial charge in [-0.3, -0.25) is 0 Å². The number of nitrogens with zero attached hydrogens (tertiary/aromatic N) is 3. The fraction of sp³-hybridized carbons (Fsp3) is 0. The van der Waals surface area contributed by atoms with Gasteiger partial charge in [0.25, 0.3) is 0 Å². The van der Waals surface area contributed by atoms with Gasteiger partial charge in [0.15, 0.2) is 17.5 Å². The number of hydrogen-bond acceptors (Lipinski definition) is 3. The Morgan fingerprint density at radius 1 is 0.231 bits per heavy atom. The van der Waals surface area contributed by atoms with Crippen molar-refractivity contribution in [3.05, 3.63) is 200 Å². The van der Waals surface area contributed by atoms with Crippen LogP contribution >= 0.6 is 0 Å². The summed E-state index contributed by atoms with van der Waals surface area (Å²) in [6.07, 6.45) is 0. The van der Waals surface area contributed by atoms with Crippen molar-refractivity contribution in [1.82, 2.24) is 15.0 Å². The van der Waals surface area contributed by atoms with Crippen molar-refractivity contribution in [1.29, 1.82) is 0 Å². The van der Waals surface area contributed by atoms with E-state index in [9.17, 15) is 0 Å². The van der Waals surface area contributed by atoms with Crippen LogP contribution in [0.3, 0.4) is 0 Å². The molecule has 0 saturated carbocycles. The highest BCUT2D eigenvalue weighted by molar-refractivity contribution is 5.98. The molecule has 9 aromatic rings. The molecule has 0 aliphatic carbocycles. The van der Waals surface area contributed by atoms with E-state index >= 15 is 0 Å². The quantitative estimate of drug-likeness (QED) is 0.170. The van der Waals surface area contributed by atoms with Crippen molar-refractivity contribution in [3.8, 4) is 78.7 Å². The Balaban J connectivity index is 1.28. The summed E-state index contributed by atoms with van der Waals surface area (Å²) in [5, 5.41) is 2.41. The van der Waals surface area contributed by atoms with Crippen LogP contribution in [0.4, 0.5) is 0 Å². The fourth-order valence-corrected chi connectivity index (χ4v) is 6.98. The van der Waals surface area contributed by atoms with E-state index in [0.717, 1.165) is 50.1 Å². The number of hydrogen-bond donors (Lipinski definition) is 0. The molecular formula is C49H33N3. The molecule has 0 unspecified atom stereocenters. The van der Waals surface area contributed by atoms with Crippen LogP contribution in [0.1, 0.15) is 0 Å². The van der Waals surface area contributed by atoms with E-state index in [4.69, 9.17) is 15.0 Å². The Morgan fingerprint density at radius 2 is 0.673 bits per heavy atom. The van der Waals surface area contributed by atoms with Crippen LogP contribution in [0.25, 0.3) is 89.4 Å². The normalized spacial score (nSPS) is 11.1. The molecule has 3 heteroatoms. The molecule has 0 atom stereocenters. The molecule has 0 radical (unpaired) electrons. The first-order valence-electron chi connectivity index (χ1n) is 17.5. The van der Waals surface area contributed by atoms with E-state index in [1.165, 1.54) is 21.9 Å². The van der Waals surface area contributed by atoms with Crippen LogP contribution in [0.2, 0.25) is 0 Å². The number of rotatable bonds is 7. The Kier molecular flexibility index (Phi) is 8.20. The predicted molar refractivity (Wildman–Crippen MR) is 215 cm³/mol. The van der Waals surface area contributed by atoms with E-state index in [1.54, 1.807) is 0 Å². The highest BCUT2D eigenvalue weighted by Crippen LogP contribution is 2.39. The summed E-state index contributed by atoms with van der Waals surface area (Å²) in [4.78, 5) is 15.8. The molecule has 0 amide bonds. The third-order valence-corrected chi connectivity index (χ3v) is 9.58. The zero-order valence-corrected chi connectivity index (χ0v) is 28.4. The number of fused-ring (bicyclic) bond motifs is 1. The molecule has 52 heavy (non-hydrogen) atoms. The largest absolute Gasteiger partial charge is 0.208 e. The minimum Gasteiger partial charge on any atom is -0.208 e. The molecular weight excluding hydrogens is 631 g/mol. The SMILES string of the molecule is c1ccc(-c2ccc(-c3nc(-c4ccccc4-c4ccccc4)nc(-c4cc(-c5cccc6ccccc56)ccc4-c4ccccc4)n3)cc2)cc1. The second kappa shape index (κ2) is 13.7. The third kappa shape index (κ3) is 6.06. The first kappa shape index (κ1) is 31.0. The van der Waals surface area contributed by atoms with Crippen molar-refractivity contribution in [2.24, 2.45) is 0 Å². The molecule has 1 heterocycles. The summed E-state index contributed by atoms with van der Waals surface area (Å²) in [7, 11) is 0. The second-order valence-electron chi connectivity index (χ2n) is 12.8. The summed E-state index contributed by atoms with van der Waals surface area (Å²) in [6, 6.07) is 69.9. The third-order valence-electron chi connectivity index (χ3n) is 9.58. The van der Waals surface area contributed by atoms with Crippen LogP contribution in [0.5, 0.6) is 0 Å². The topological polar surface area (TPSA) is 38.7 Å². The minimum absolute atomic E-state index is 0.621. The highest BCUT2D eigenvalue weighted by atomic mass is 15.0. The highest BCUT2D eigenvalue weighted by Gasteiger charge is 2.19. The summed E-state index contributed by atoms with van der Waals surface area (Å²) in [5.41, 5.74) is 11.7. The summed E-state index contributed by atoms with van der Waals surface area (Å²) in [6.45, 7) is 0.